The van der Waals surface area contributed by atoms with Gasteiger partial charge in [0.15, 0.2) is 11.7 Å². The van der Waals surface area contributed by atoms with Gasteiger partial charge in [0.05, 0.1) is 30.5 Å². The van der Waals surface area contributed by atoms with Crippen molar-refractivity contribution in [2.45, 2.75) is 172 Å². The monoisotopic (exact) mass is 1140 g/mol. The van der Waals surface area contributed by atoms with Gasteiger partial charge in [-0.05, 0) is 172 Å². The van der Waals surface area contributed by atoms with Crippen molar-refractivity contribution in [1.29, 1.82) is 0 Å². The number of rotatable bonds is 14. The summed E-state index contributed by atoms with van der Waals surface area (Å²) in [7, 11) is 0. The van der Waals surface area contributed by atoms with Crippen LogP contribution in [0.5, 0.6) is 5.75 Å². The molecule has 2 aliphatic heterocycles. The number of guanidine groups is 1. The summed E-state index contributed by atoms with van der Waals surface area (Å²) >= 11 is 0. The summed E-state index contributed by atoms with van der Waals surface area (Å²) in [5, 5.41) is 93.6. The number of aliphatic hydroxyl groups excluding tert-OH is 4. The molecule has 16 N–H and O–H groups in total. The van der Waals surface area contributed by atoms with E-state index in [1.54, 1.807) is 56.3 Å². The Kier molecular flexibility index (Phi) is 20.9. The van der Waals surface area contributed by atoms with Crippen molar-refractivity contribution in [1.82, 2.24) is 16.0 Å². The number of allylic oxidation sites excluding steroid dienone is 5. The molecule has 16 heteroatoms. The van der Waals surface area contributed by atoms with Gasteiger partial charge in [-0.15, -0.1) is 0 Å². The maximum atomic E-state index is 15.1. The van der Waals surface area contributed by atoms with E-state index in [9.17, 15) is 40.5 Å². The normalized spacial score (nSPS) is 30.6. The number of carbonyl (C=O) groups excluding carboxylic acids is 2. The van der Waals surface area contributed by atoms with E-state index in [4.69, 9.17) is 17.2 Å². The highest BCUT2D eigenvalue weighted by molar-refractivity contribution is 5.98. The average Bonchev–Trinajstić information content (AvgIpc) is 1.91. The standard InChI is InChI=1S/C67H93N7O9/c1-40(2)26-31-67(83,73-36-43-13-7-6-8-14-43)41(3)12-9-18-48(39-75)52-28-30-66(61(52)80)56-25-24-50(77)33-44-15-10-16-45(32-44)34-54(55(37-72-64(69)70)46-20-22-49(76)23-21-46)58(79)38-71-60-59-47(17-11-19-53(59)62(68)74-63(60)81)35-57(78)42(4)51(56)27-29-65(66,5)82/h9-12,15-23,26,32,43,50,52,54-56,58,60-62,71,73,75-77,79-80,82-83H,3,6-8,13-14,24-25,27-31,33-39,68H2,1-2,4-5H3,(H,74,81)(H4,69,70,72)/b12-9+,48-18-,51-42+/t50-,52-,54-,55-,56-,58+,60+,61-,62-,65-,66-,67+/m1/s1. The van der Waals surface area contributed by atoms with Gasteiger partial charge in [0.2, 0.25) is 5.91 Å². The number of fused-ring (bicyclic) bond motifs is 4. The molecule has 3 fully saturated rings. The van der Waals surface area contributed by atoms with E-state index in [-0.39, 0.29) is 62.9 Å². The van der Waals surface area contributed by atoms with Crippen LogP contribution in [0.25, 0.3) is 0 Å². The zero-order valence-corrected chi connectivity index (χ0v) is 49.2. The fourth-order valence-corrected chi connectivity index (χ4v) is 14.6. The van der Waals surface area contributed by atoms with E-state index in [2.05, 4.69) is 27.5 Å². The highest BCUT2D eigenvalue weighted by Gasteiger charge is 2.64. The Balaban J connectivity index is 1.16. The van der Waals surface area contributed by atoms with Gasteiger partial charge in [-0.25, -0.2) is 0 Å². The Morgan fingerprint density at radius 2 is 1.66 bits per heavy atom. The van der Waals surface area contributed by atoms with E-state index in [0.717, 1.165) is 40.7 Å². The van der Waals surface area contributed by atoms with E-state index in [0.29, 0.717) is 84.4 Å². The lowest BCUT2D eigenvalue weighted by molar-refractivity contribution is -0.168. The van der Waals surface area contributed by atoms with Crippen LogP contribution in [-0.4, -0.2) is 109 Å². The number of Topliss-reactive ketones (excluding diaryl/α,β-unsaturated/α-hetero) is 1. The van der Waals surface area contributed by atoms with Crippen LogP contribution in [0, 0.1) is 29.1 Å². The molecule has 0 unspecified atom stereocenters. The zero-order valence-electron chi connectivity index (χ0n) is 49.2. The van der Waals surface area contributed by atoms with Crippen molar-refractivity contribution < 1.29 is 45.3 Å². The molecule has 83 heavy (non-hydrogen) atoms. The number of nitrogens with two attached hydrogens (primary N) is 3. The predicted octanol–water partition coefficient (Wildman–Crippen LogP) is 6.68. The van der Waals surface area contributed by atoms with Crippen molar-refractivity contribution in [2.75, 3.05) is 26.2 Å². The van der Waals surface area contributed by atoms with Crippen molar-refractivity contribution >= 4 is 17.6 Å². The van der Waals surface area contributed by atoms with Crippen molar-refractivity contribution in [2.24, 2.45) is 51.3 Å². The third-order valence-electron chi connectivity index (χ3n) is 19.4. The zero-order chi connectivity index (χ0) is 59.8. The van der Waals surface area contributed by atoms with Crippen LogP contribution in [-0.2, 0) is 28.9 Å². The Morgan fingerprint density at radius 3 is 2.36 bits per heavy atom. The largest absolute Gasteiger partial charge is 0.508 e. The van der Waals surface area contributed by atoms with E-state index in [1.165, 1.54) is 19.3 Å². The molecule has 3 aliphatic carbocycles. The topological polar surface area (TPSA) is 302 Å². The summed E-state index contributed by atoms with van der Waals surface area (Å²) in [6.45, 7) is 12.2. The van der Waals surface area contributed by atoms with Gasteiger partial charge >= 0.3 is 0 Å². The number of benzene rings is 3. The number of hydrogen-bond acceptors (Lipinski definition) is 13. The molecule has 8 rings (SSSR count). The number of hydrogen-bond donors (Lipinski definition) is 13. The smallest absolute Gasteiger partial charge is 0.243 e. The molecule has 2 heterocycles. The number of β-amino-alcohol motifs (C(OH)–C–C–N with tert-alkyl or cyclic N) is 1. The lowest BCUT2D eigenvalue weighted by Gasteiger charge is -2.56. The third-order valence-corrected chi connectivity index (χ3v) is 19.4. The number of nitrogens with zero attached hydrogens (tertiary/aromatic N) is 1. The van der Waals surface area contributed by atoms with E-state index in [1.807, 2.05) is 62.4 Å². The van der Waals surface area contributed by atoms with Crippen LogP contribution in [0.1, 0.15) is 156 Å². The summed E-state index contributed by atoms with van der Waals surface area (Å²) in [6.07, 6.45) is 12.0. The average molecular weight is 1140 g/mol. The van der Waals surface area contributed by atoms with E-state index >= 15 is 4.79 Å². The third kappa shape index (κ3) is 14.5. The second-order valence-electron chi connectivity index (χ2n) is 25.1. The first-order valence-corrected chi connectivity index (χ1v) is 30.2. The number of phenols is 1. The maximum absolute atomic E-state index is 15.1. The fraction of sp³-hybridized carbons (Fsp3) is 0.537. The molecule has 1 spiro atoms. The number of nitrogens with one attached hydrogen (secondary N) is 3. The molecule has 0 radical (unpaired) electrons. The highest BCUT2D eigenvalue weighted by atomic mass is 16.3. The van der Waals surface area contributed by atoms with Gasteiger partial charge in [-0.2, -0.15) is 0 Å². The molecule has 3 aromatic rings. The molecule has 2 bridgehead atoms. The number of aromatic hydroxyl groups is 1. The molecule has 5 aliphatic rings. The Labute approximate surface area is 490 Å². The van der Waals surface area contributed by atoms with Gasteiger partial charge < -0.3 is 58.3 Å². The highest BCUT2D eigenvalue weighted by Crippen LogP contribution is 2.63. The van der Waals surface area contributed by atoms with Crippen LogP contribution in [0.15, 0.2) is 130 Å². The molecular weight excluding hydrogens is 1050 g/mol. The number of aliphatic imine (C=N–C) groups is 1. The summed E-state index contributed by atoms with van der Waals surface area (Å²) in [4.78, 5) is 33.7. The first-order chi connectivity index (χ1) is 39.5. The first-order valence-electron chi connectivity index (χ1n) is 30.2. The first kappa shape index (κ1) is 63.2. The maximum Gasteiger partial charge on any atom is 0.243 e. The van der Waals surface area contributed by atoms with Crippen molar-refractivity contribution in [3.8, 4) is 5.75 Å². The van der Waals surface area contributed by atoms with Crippen LogP contribution in [0.4, 0.5) is 0 Å². The minimum atomic E-state index is -1.43. The number of phenolic OH excluding ortho intramolecular Hbond substituents is 1. The summed E-state index contributed by atoms with van der Waals surface area (Å²) in [5.74, 6) is -2.41. The Morgan fingerprint density at radius 1 is 0.952 bits per heavy atom. The second kappa shape index (κ2) is 27.5. The fourth-order valence-electron chi connectivity index (χ4n) is 14.6. The number of carbonyl (C=O) groups is 2. The molecule has 0 saturated heterocycles. The van der Waals surface area contributed by atoms with Gasteiger partial charge in [-0.1, -0.05) is 116 Å². The van der Waals surface area contributed by atoms with Gasteiger partial charge in [0, 0.05) is 49.7 Å². The molecule has 450 valence electrons. The molecule has 0 aromatic heterocycles. The minimum absolute atomic E-state index is 0.0665. The lowest BCUT2D eigenvalue weighted by atomic mass is 9.52. The van der Waals surface area contributed by atoms with Crippen LogP contribution < -0.4 is 33.2 Å². The summed E-state index contributed by atoms with van der Waals surface area (Å²) < 4.78 is 0. The van der Waals surface area contributed by atoms with E-state index < -0.39 is 76.8 Å². The number of aliphatic hydroxyl groups is 6. The van der Waals surface area contributed by atoms with Crippen LogP contribution >= 0.6 is 0 Å². The van der Waals surface area contributed by atoms with Crippen LogP contribution in [0.2, 0.25) is 0 Å². The molecular formula is C67H93N7O9. The summed E-state index contributed by atoms with van der Waals surface area (Å²) in [6, 6.07) is 19.0. The van der Waals surface area contributed by atoms with Crippen molar-refractivity contribution in [3.05, 3.63) is 159 Å². The quantitative estimate of drug-likeness (QED) is 0.0264. The molecule has 1 amide bonds. The Bertz CT molecular complexity index is 2940. The van der Waals surface area contributed by atoms with Crippen molar-refractivity contribution in [3.63, 3.8) is 0 Å². The second-order valence-corrected chi connectivity index (χ2v) is 25.1. The molecule has 3 saturated carbocycles. The lowest BCUT2D eigenvalue weighted by Crippen LogP contribution is -2.59. The number of ketones is 1. The minimum Gasteiger partial charge on any atom is -0.508 e. The van der Waals surface area contributed by atoms with Gasteiger partial charge in [0.1, 0.15) is 23.7 Å². The molecule has 12 atom stereocenters. The SMILES string of the molecule is C=C(/C=C/C=C(/CO)[C@H]1CC[C@@]2([C@@H]3CC[C@@H](O)Cc4cccc(c4)C[C@H]([C@H](CN=C(N)N)c4ccc(O)cc4)[C@@H](O)CN[C@@H]4C(=O)N[C@@H](N)c5cccc(c54)CC(=O)/C(C)=C/3CC[C@@]2(C)O)[C@@H]1O)[C@@](O)(CC=C(C)C)NCC1CCCCC1. The molecule has 16 nitrogen and oxygen atoms in total. The number of amides is 1. The summed E-state index contributed by atoms with van der Waals surface area (Å²) in [5.41, 5.74) is 22.0. The predicted molar refractivity (Wildman–Crippen MR) is 325 cm³/mol. The van der Waals surface area contributed by atoms with Gasteiger partial charge in [-0.3, -0.25) is 25.2 Å². The van der Waals surface area contributed by atoms with Crippen LogP contribution in [0.3, 0.4) is 0 Å². The molecule has 3 aromatic carbocycles. The van der Waals surface area contributed by atoms with Gasteiger partial charge in [0.25, 0.3) is 0 Å². The Hall–Kier alpha value is -5.79.